The molecule has 0 radical (unpaired) electrons. The predicted molar refractivity (Wildman–Crippen MR) is 70.0 cm³/mol. The van der Waals surface area contributed by atoms with Crippen LogP contribution in [-0.2, 0) is 0 Å². The molecule has 0 aliphatic heterocycles. The lowest BCUT2D eigenvalue weighted by Gasteiger charge is -2.06. The number of rotatable bonds is 3. The molecule has 1 N–H and O–H groups in total. The van der Waals surface area contributed by atoms with Crippen molar-refractivity contribution in [2.24, 2.45) is 0 Å². The van der Waals surface area contributed by atoms with Crippen molar-refractivity contribution < 1.29 is 9.72 Å². The number of carbonyl (C=O) groups excluding carboxylic acids is 1. The van der Waals surface area contributed by atoms with Gasteiger partial charge in [0.15, 0.2) is 0 Å². The lowest BCUT2D eigenvalue weighted by Crippen LogP contribution is -2.12. The Kier molecular flexibility index (Phi) is 3.51. The summed E-state index contributed by atoms with van der Waals surface area (Å²) < 4.78 is 0. The van der Waals surface area contributed by atoms with Crippen molar-refractivity contribution in [1.29, 1.82) is 0 Å². The number of aromatic nitrogens is 1. The number of anilines is 1. The summed E-state index contributed by atoms with van der Waals surface area (Å²) in [5.74, 6) is -0.282. The minimum Gasteiger partial charge on any atom is -0.322 e. The third-order valence-electron chi connectivity index (χ3n) is 2.59. The standard InChI is InChI=1S/C13H11N3O3/c1-9-8-11(2-3-12(9)16(18)19)15-13(17)10-4-6-14-7-5-10/h2-8H,1H3,(H,15,17). The molecule has 0 atom stereocenters. The van der Waals surface area contributed by atoms with Crippen LogP contribution in [0.15, 0.2) is 42.7 Å². The van der Waals surface area contributed by atoms with Gasteiger partial charge in [-0.05, 0) is 31.2 Å². The van der Waals surface area contributed by atoms with Crippen LogP contribution in [0.1, 0.15) is 15.9 Å². The van der Waals surface area contributed by atoms with E-state index in [1.54, 1.807) is 25.1 Å². The molecule has 0 aliphatic rings. The molecule has 0 spiro atoms. The van der Waals surface area contributed by atoms with Crippen LogP contribution >= 0.6 is 0 Å². The highest BCUT2D eigenvalue weighted by Gasteiger charge is 2.11. The first-order chi connectivity index (χ1) is 9.08. The van der Waals surface area contributed by atoms with E-state index in [1.165, 1.54) is 24.5 Å². The van der Waals surface area contributed by atoms with Gasteiger partial charge in [-0.3, -0.25) is 19.9 Å². The summed E-state index contributed by atoms with van der Waals surface area (Å²) >= 11 is 0. The highest BCUT2D eigenvalue weighted by Crippen LogP contribution is 2.21. The summed E-state index contributed by atoms with van der Waals surface area (Å²) in [5, 5.41) is 13.4. The van der Waals surface area contributed by atoms with E-state index in [1.807, 2.05) is 0 Å². The number of benzene rings is 1. The van der Waals surface area contributed by atoms with E-state index in [4.69, 9.17) is 0 Å². The van der Waals surface area contributed by atoms with Crippen LogP contribution in [0.25, 0.3) is 0 Å². The van der Waals surface area contributed by atoms with E-state index >= 15 is 0 Å². The summed E-state index contributed by atoms with van der Waals surface area (Å²) in [6.45, 7) is 1.63. The molecule has 1 heterocycles. The average Bonchev–Trinajstić information content (AvgIpc) is 2.39. The van der Waals surface area contributed by atoms with Crippen LogP contribution in [0.5, 0.6) is 0 Å². The number of carbonyl (C=O) groups is 1. The van der Waals surface area contributed by atoms with E-state index < -0.39 is 4.92 Å². The molecule has 0 unspecified atom stereocenters. The number of pyridine rings is 1. The highest BCUT2D eigenvalue weighted by molar-refractivity contribution is 6.04. The second kappa shape index (κ2) is 5.26. The molecule has 2 rings (SSSR count). The Balaban J connectivity index is 2.19. The first-order valence-corrected chi connectivity index (χ1v) is 5.54. The third-order valence-corrected chi connectivity index (χ3v) is 2.59. The molecule has 0 saturated carbocycles. The first-order valence-electron chi connectivity index (χ1n) is 5.54. The zero-order chi connectivity index (χ0) is 13.8. The van der Waals surface area contributed by atoms with Gasteiger partial charge in [0.1, 0.15) is 0 Å². The van der Waals surface area contributed by atoms with Crippen molar-refractivity contribution in [3.05, 3.63) is 64.0 Å². The SMILES string of the molecule is Cc1cc(NC(=O)c2ccncc2)ccc1[N+](=O)[O-]. The zero-order valence-corrected chi connectivity index (χ0v) is 10.2. The molecular weight excluding hydrogens is 246 g/mol. The van der Waals surface area contributed by atoms with Gasteiger partial charge in [0.2, 0.25) is 0 Å². The quantitative estimate of drug-likeness (QED) is 0.676. The summed E-state index contributed by atoms with van der Waals surface area (Å²) in [4.78, 5) is 25.9. The molecule has 0 saturated heterocycles. The van der Waals surface area contributed by atoms with Crippen LogP contribution in [0.3, 0.4) is 0 Å². The molecule has 6 heteroatoms. The number of hydrogen-bond donors (Lipinski definition) is 1. The number of nitro groups is 1. The maximum absolute atomic E-state index is 11.9. The Morgan fingerprint density at radius 2 is 1.95 bits per heavy atom. The van der Waals surface area contributed by atoms with Gasteiger partial charge < -0.3 is 5.32 Å². The summed E-state index contributed by atoms with van der Waals surface area (Å²) in [6.07, 6.45) is 3.05. The van der Waals surface area contributed by atoms with E-state index in [-0.39, 0.29) is 11.6 Å². The van der Waals surface area contributed by atoms with Crippen LogP contribution in [0.2, 0.25) is 0 Å². The van der Waals surface area contributed by atoms with Crippen LogP contribution in [-0.4, -0.2) is 15.8 Å². The first kappa shape index (κ1) is 12.7. The molecular formula is C13H11N3O3. The maximum atomic E-state index is 11.9. The van der Waals surface area contributed by atoms with Crippen LogP contribution in [0, 0.1) is 17.0 Å². The summed E-state index contributed by atoms with van der Waals surface area (Å²) in [5.41, 5.74) is 1.52. The van der Waals surface area contributed by atoms with Gasteiger partial charge in [-0.1, -0.05) is 0 Å². The van der Waals surface area contributed by atoms with Gasteiger partial charge in [0.25, 0.3) is 11.6 Å². The smallest absolute Gasteiger partial charge is 0.272 e. The summed E-state index contributed by atoms with van der Waals surface area (Å²) in [6, 6.07) is 7.63. The van der Waals surface area contributed by atoms with Crippen molar-refractivity contribution in [3.63, 3.8) is 0 Å². The van der Waals surface area contributed by atoms with Gasteiger partial charge in [0, 0.05) is 35.3 Å². The topological polar surface area (TPSA) is 85.1 Å². The molecule has 1 amide bonds. The molecule has 19 heavy (non-hydrogen) atoms. The Labute approximate surface area is 109 Å². The minimum atomic E-state index is -0.455. The molecule has 1 aromatic carbocycles. The van der Waals surface area contributed by atoms with Gasteiger partial charge in [0.05, 0.1) is 4.92 Å². The molecule has 6 nitrogen and oxygen atoms in total. The van der Waals surface area contributed by atoms with Crippen molar-refractivity contribution in [2.45, 2.75) is 6.92 Å². The number of nitrogens with one attached hydrogen (secondary N) is 1. The molecule has 0 bridgehead atoms. The Bertz CT molecular complexity index is 626. The minimum absolute atomic E-state index is 0.0295. The van der Waals surface area contributed by atoms with E-state index in [9.17, 15) is 14.9 Å². The van der Waals surface area contributed by atoms with Gasteiger partial charge in [-0.15, -0.1) is 0 Å². The fraction of sp³-hybridized carbons (Fsp3) is 0.0769. The lowest BCUT2D eigenvalue weighted by atomic mass is 10.1. The fourth-order valence-electron chi connectivity index (χ4n) is 1.64. The van der Waals surface area contributed by atoms with Crippen LogP contribution < -0.4 is 5.32 Å². The van der Waals surface area contributed by atoms with Crippen molar-refractivity contribution in [3.8, 4) is 0 Å². The number of nitrogens with zero attached hydrogens (tertiary/aromatic N) is 2. The van der Waals surface area contributed by atoms with Crippen molar-refractivity contribution >= 4 is 17.3 Å². The van der Waals surface area contributed by atoms with E-state index in [2.05, 4.69) is 10.3 Å². The molecule has 96 valence electrons. The number of amides is 1. The molecule has 1 aromatic heterocycles. The predicted octanol–water partition coefficient (Wildman–Crippen LogP) is 2.55. The van der Waals surface area contributed by atoms with Gasteiger partial charge in [-0.25, -0.2) is 0 Å². The van der Waals surface area contributed by atoms with Crippen LogP contribution in [0.4, 0.5) is 11.4 Å². The zero-order valence-electron chi connectivity index (χ0n) is 10.2. The lowest BCUT2D eigenvalue weighted by molar-refractivity contribution is -0.385. The van der Waals surface area contributed by atoms with Crippen molar-refractivity contribution in [2.75, 3.05) is 5.32 Å². The van der Waals surface area contributed by atoms with Gasteiger partial charge >= 0.3 is 0 Å². The highest BCUT2D eigenvalue weighted by atomic mass is 16.6. The Morgan fingerprint density at radius 3 is 2.53 bits per heavy atom. The number of hydrogen-bond acceptors (Lipinski definition) is 4. The second-order valence-corrected chi connectivity index (χ2v) is 3.95. The monoisotopic (exact) mass is 257 g/mol. The Morgan fingerprint density at radius 1 is 1.26 bits per heavy atom. The second-order valence-electron chi connectivity index (χ2n) is 3.95. The third kappa shape index (κ3) is 2.92. The Hall–Kier alpha value is -2.76. The van der Waals surface area contributed by atoms with Gasteiger partial charge in [-0.2, -0.15) is 0 Å². The van der Waals surface area contributed by atoms with E-state index in [0.29, 0.717) is 16.8 Å². The maximum Gasteiger partial charge on any atom is 0.272 e. The largest absolute Gasteiger partial charge is 0.322 e. The molecule has 2 aromatic rings. The molecule has 0 fully saturated rings. The van der Waals surface area contributed by atoms with Crippen molar-refractivity contribution in [1.82, 2.24) is 4.98 Å². The summed E-state index contributed by atoms with van der Waals surface area (Å²) in [7, 11) is 0. The normalized spacial score (nSPS) is 9.95. The number of aryl methyl sites for hydroxylation is 1. The number of nitro benzene ring substituents is 1. The fourth-order valence-corrected chi connectivity index (χ4v) is 1.64. The molecule has 0 aliphatic carbocycles. The van der Waals surface area contributed by atoms with E-state index in [0.717, 1.165) is 0 Å². The average molecular weight is 257 g/mol.